The SMILES string of the molecule is Cc1noc(CNC(=O)c2cc(N)ccc2N(C)C)n1. The highest BCUT2D eigenvalue weighted by Gasteiger charge is 2.14. The minimum Gasteiger partial charge on any atom is -0.399 e. The number of hydrogen-bond acceptors (Lipinski definition) is 6. The molecule has 0 radical (unpaired) electrons. The standard InChI is InChI=1S/C13H17N5O2/c1-8-16-12(20-17-8)7-15-13(19)10-6-9(14)4-5-11(10)18(2)3/h4-6H,7,14H2,1-3H3,(H,15,19). The fourth-order valence-corrected chi connectivity index (χ4v) is 1.79. The number of amides is 1. The van der Waals surface area contributed by atoms with Crippen LogP contribution in [0.2, 0.25) is 0 Å². The van der Waals surface area contributed by atoms with Gasteiger partial charge in [0.15, 0.2) is 5.82 Å². The van der Waals surface area contributed by atoms with Crippen LogP contribution in [-0.2, 0) is 6.54 Å². The number of nitrogens with two attached hydrogens (primary N) is 1. The molecule has 1 amide bonds. The van der Waals surface area contributed by atoms with Gasteiger partial charge in [-0.05, 0) is 25.1 Å². The van der Waals surface area contributed by atoms with Gasteiger partial charge in [-0.3, -0.25) is 4.79 Å². The number of carbonyl (C=O) groups is 1. The van der Waals surface area contributed by atoms with Crippen molar-refractivity contribution >= 4 is 17.3 Å². The van der Waals surface area contributed by atoms with E-state index in [4.69, 9.17) is 10.3 Å². The first-order valence-electron chi connectivity index (χ1n) is 6.11. The summed E-state index contributed by atoms with van der Waals surface area (Å²) in [4.78, 5) is 18.1. The first-order chi connectivity index (χ1) is 9.47. The number of nitrogen functional groups attached to an aromatic ring is 1. The average Bonchev–Trinajstić information content (AvgIpc) is 2.81. The maximum Gasteiger partial charge on any atom is 0.253 e. The van der Waals surface area contributed by atoms with E-state index in [9.17, 15) is 4.79 Å². The average molecular weight is 275 g/mol. The van der Waals surface area contributed by atoms with Gasteiger partial charge in [0.05, 0.1) is 12.1 Å². The van der Waals surface area contributed by atoms with E-state index in [-0.39, 0.29) is 12.5 Å². The number of rotatable bonds is 4. The largest absolute Gasteiger partial charge is 0.399 e. The van der Waals surface area contributed by atoms with E-state index in [0.29, 0.717) is 23.0 Å². The Bertz CT molecular complexity index is 621. The molecule has 1 aromatic heterocycles. The number of aryl methyl sites for hydroxylation is 1. The third-order valence-electron chi connectivity index (χ3n) is 2.72. The predicted molar refractivity (Wildman–Crippen MR) is 75.4 cm³/mol. The van der Waals surface area contributed by atoms with Crippen LogP contribution < -0.4 is 16.0 Å². The number of hydrogen-bond donors (Lipinski definition) is 2. The molecule has 20 heavy (non-hydrogen) atoms. The number of benzene rings is 1. The van der Waals surface area contributed by atoms with Crippen molar-refractivity contribution in [1.29, 1.82) is 0 Å². The lowest BCUT2D eigenvalue weighted by molar-refractivity contribution is 0.0947. The summed E-state index contributed by atoms with van der Waals surface area (Å²) < 4.78 is 4.94. The van der Waals surface area contributed by atoms with Crippen molar-refractivity contribution in [3.05, 3.63) is 35.5 Å². The maximum absolute atomic E-state index is 12.2. The van der Waals surface area contributed by atoms with Gasteiger partial charge in [-0.15, -0.1) is 0 Å². The Morgan fingerprint density at radius 3 is 2.80 bits per heavy atom. The summed E-state index contributed by atoms with van der Waals surface area (Å²) in [5.41, 5.74) is 7.57. The zero-order chi connectivity index (χ0) is 14.7. The predicted octanol–water partition coefficient (Wildman–Crippen LogP) is 0.956. The van der Waals surface area contributed by atoms with Gasteiger partial charge in [-0.2, -0.15) is 4.98 Å². The molecule has 0 aliphatic carbocycles. The van der Waals surface area contributed by atoms with Crippen LogP contribution in [0.25, 0.3) is 0 Å². The summed E-state index contributed by atoms with van der Waals surface area (Å²) >= 11 is 0. The zero-order valence-corrected chi connectivity index (χ0v) is 11.7. The van der Waals surface area contributed by atoms with Gasteiger partial charge in [-0.1, -0.05) is 5.16 Å². The lowest BCUT2D eigenvalue weighted by Crippen LogP contribution is -2.25. The van der Waals surface area contributed by atoms with E-state index in [1.165, 1.54) is 0 Å². The fourth-order valence-electron chi connectivity index (χ4n) is 1.79. The van der Waals surface area contributed by atoms with Gasteiger partial charge in [0.25, 0.3) is 5.91 Å². The maximum atomic E-state index is 12.2. The molecule has 0 atom stereocenters. The summed E-state index contributed by atoms with van der Waals surface area (Å²) in [6, 6.07) is 5.21. The van der Waals surface area contributed by atoms with Crippen LogP contribution in [0, 0.1) is 6.92 Å². The highest BCUT2D eigenvalue weighted by molar-refractivity contribution is 6.00. The summed E-state index contributed by atoms with van der Waals surface area (Å²) in [6.07, 6.45) is 0. The molecular formula is C13H17N5O2. The Labute approximate surface area is 116 Å². The molecule has 1 heterocycles. The van der Waals surface area contributed by atoms with Crippen molar-refractivity contribution < 1.29 is 9.32 Å². The number of carbonyl (C=O) groups excluding carboxylic acids is 1. The molecule has 0 aliphatic heterocycles. The fraction of sp³-hybridized carbons (Fsp3) is 0.308. The second-order valence-electron chi connectivity index (χ2n) is 4.59. The second-order valence-corrected chi connectivity index (χ2v) is 4.59. The Balaban J connectivity index is 2.14. The van der Waals surface area contributed by atoms with Gasteiger partial charge in [0.1, 0.15) is 0 Å². The zero-order valence-electron chi connectivity index (χ0n) is 11.7. The molecule has 1 aromatic carbocycles. The highest BCUT2D eigenvalue weighted by Crippen LogP contribution is 2.21. The molecule has 0 saturated heterocycles. The minimum absolute atomic E-state index is 0.182. The van der Waals surface area contributed by atoms with E-state index in [1.807, 2.05) is 19.0 Å². The van der Waals surface area contributed by atoms with Crippen LogP contribution in [0.5, 0.6) is 0 Å². The first kappa shape index (κ1) is 13.9. The van der Waals surface area contributed by atoms with Crippen molar-refractivity contribution in [2.24, 2.45) is 0 Å². The summed E-state index contributed by atoms with van der Waals surface area (Å²) in [6.45, 7) is 1.90. The Kier molecular flexibility index (Phi) is 3.88. The van der Waals surface area contributed by atoms with Gasteiger partial charge >= 0.3 is 0 Å². The van der Waals surface area contributed by atoms with Crippen molar-refractivity contribution in [3.8, 4) is 0 Å². The van der Waals surface area contributed by atoms with E-state index in [1.54, 1.807) is 25.1 Å². The van der Waals surface area contributed by atoms with E-state index >= 15 is 0 Å². The molecule has 0 bridgehead atoms. The van der Waals surface area contributed by atoms with Crippen molar-refractivity contribution in [1.82, 2.24) is 15.5 Å². The summed E-state index contributed by atoms with van der Waals surface area (Å²) in [5, 5.41) is 6.40. The van der Waals surface area contributed by atoms with Crippen LogP contribution in [0.15, 0.2) is 22.7 Å². The summed E-state index contributed by atoms with van der Waals surface area (Å²) in [5.74, 6) is 0.662. The topological polar surface area (TPSA) is 97.3 Å². The van der Waals surface area contributed by atoms with Crippen LogP contribution in [0.3, 0.4) is 0 Å². The molecule has 0 aliphatic rings. The molecule has 2 rings (SSSR count). The number of nitrogens with one attached hydrogen (secondary N) is 1. The van der Waals surface area contributed by atoms with Crippen LogP contribution in [-0.4, -0.2) is 30.1 Å². The van der Waals surface area contributed by atoms with Gasteiger partial charge in [-0.25, -0.2) is 0 Å². The normalized spacial score (nSPS) is 10.3. The van der Waals surface area contributed by atoms with Crippen molar-refractivity contribution in [2.45, 2.75) is 13.5 Å². The Morgan fingerprint density at radius 1 is 1.45 bits per heavy atom. The Morgan fingerprint density at radius 2 is 2.20 bits per heavy atom. The summed E-state index contributed by atoms with van der Waals surface area (Å²) in [7, 11) is 3.73. The minimum atomic E-state index is -0.239. The molecule has 0 saturated carbocycles. The highest BCUT2D eigenvalue weighted by atomic mass is 16.5. The monoisotopic (exact) mass is 275 g/mol. The second kappa shape index (κ2) is 5.60. The van der Waals surface area contributed by atoms with E-state index in [2.05, 4.69) is 15.5 Å². The molecule has 7 heteroatoms. The first-order valence-corrected chi connectivity index (χ1v) is 6.11. The molecule has 0 fully saturated rings. The lowest BCUT2D eigenvalue weighted by Gasteiger charge is -2.17. The van der Waals surface area contributed by atoms with Gasteiger partial charge in [0, 0.05) is 25.5 Å². The van der Waals surface area contributed by atoms with Crippen LogP contribution in [0.4, 0.5) is 11.4 Å². The molecule has 3 N–H and O–H groups in total. The van der Waals surface area contributed by atoms with Crippen LogP contribution >= 0.6 is 0 Å². The van der Waals surface area contributed by atoms with Crippen LogP contribution in [0.1, 0.15) is 22.1 Å². The van der Waals surface area contributed by atoms with E-state index < -0.39 is 0 Å². The van der Waals surface area contributed by atoms with Crippen molar-refractivity contribution in [3.63, 3.8) is 0 Å². The number of nitrogens with zero attached hydrogens (tertiary/aromatic N) is 3. The molecule has 0 spiro atoms. The Hall–Kier alpha value is -2.57. The lowest BCUT2D eigenvalue weighted by atomic mass is 10.1. The third kappa shape index (κ3) is 3.05. The molecule has 106 valence electrons. The number of aromatic nitrogens is 2. The quantitative estimate of drug-likeness (QED) is 0.806. The molecule has 0 unspecified atom stereocenters. The molecular weight excluding hydrogens is 258 g/mol. The van der Waals surface area contributed by atoms with E-state index in [0.717, 1.165) is 5.69 Å². The van der Waals surface area contributed by atoms with Crippen molar-refractivity contribution in [2.75, 3.05) is 24.7 Å². The molecule has 2 aromatic rings. The molecule has 7 nitrogen and oxygen atoms in total. The third-order valence-corrected chi connectivity index (χ3v) is 2.72. The number of anilines is 2. The smallest absolute Gasteiger partial charge is 0.253 e. The van der Waals surface area contributed by atoms with Gasteiger partial charge in [0.2, 0.25) is 5.89 Å². The van der Waals surface area contributed by atoms with Gasteiger partial charge < -0.3 is 20.5 Å².